The third-order valence-corrected chi connectivity index (χ3v) is 7.86. The minimum Gasteiger partial charge on any atom is -0.494 e. The fourth-order valence-electron chi connectivity index (χ4n) is 5.29. The number of hydrogen-bond acceptors (Lipinski definition) is 4. The van der Waals surface area contributed by atoms with Gasteiger partial charge in [0.1, 0.15) is 11.9 Å². The quantitative estimate of drug-likeness (QED) is 0.245. The lowest BCUT2D eigenvalue weighted by atomic mass is 9.78. The number of nitrogens with one attached hydrogen (secondary N) is 1. The fourth-order valence-corrected chi connectivity index (χ4v) is 5.64. The zero-order valence-electron chi connectivity index (χ0n) is 22.0. The van der Waals surface area contributed by atoms with Gasteiger partial charge in [0.15, 0.2) is 11.7 Å². The van der Waals surface area contributed by atoms with Crippen LogP contribution in [-0.4, -0.2) is 39.3 Å². The highest BCUT2D eigenvalue weighted by Crippen LogP contribution is 2.43. The number of rotatable bonds is 8. The van der Waals surface area contributed by atoms with Crippen molar-refractivity contribution in [3.05, 3.63) is 63.4 Å². The molecule has 38 heavy (non-hydrogen) atoms. The Morgan fingerprint density at radius 1 is 1.18 bits per heavy atom. The van der Waals surface area contributed by atoms with Gasteiger partial charge in [-0.15, -0.1) is 0 Å². The van der Waals surface area contributed by atoms with Gasteiger partial charge in [-0.2, -0.15) is 0 Å². The van der Waals surface area contributed by atoms with Crippen LogP contribution in [0.5, 0.6) is 5.88 Å². The summed E-state index contributed by atoms with van der Waals surface area (Å²) in [5, 5.41) is 22.1. The molecule has 1 aliphatic carbocycles. The lowest BCUT2D eigenvalue weighted by molar-refractivity contribution is -0.121. The van der Waals surface area contributed by atoms with Crippen LogP contribution in [0.2, 0.25) is 10.0 Å². The molecule has 0 bridgehead atoms. The average Bonchev–Trinajstić information content (AvgIpc) is 3.16. The number of fused-ring (bicyclic) bond motifs is 1. The Bertz CT molecular complexity index is 1320. The molecule has 1 aliphatic rings. The maximum atomic E-state index is 15.6. The Kier molecular flexibility index (Phi) is 8.85. The van der Waals surface area contributed by atoms with E-state index >= 15 is 4.39 Å². The van der Waals surface area contributed by atoms with Gasteiger partial charge >= 0.3 is 0 Å². The number of aromatic amines is 1. The summed E-state index contributed by atoms with van der Waals surface area (Å²) in [6.45, 7) is 6.23. The molecule has 3 aromatic rings. The SMILES string of the molecule is CC(C)(C)CC=N[C@@H](C(=O)CC1CCC(O)CC1)[C@H](c1cccc(Cl)c1F)c1c(O)[nH]c2cc(Cl)ccc12. The van der Waals surface area contributed by atoms with Crippen molar-refractivity contribution in [2.45, 2.75) is 77.4 Å². The topological polar surface area (TPSA) is 85.7 Å². The Hall–Kier alpha value is -2.41. The van der Waals surface area contributed by atoms with Crippen molar-refractivity contribution in [3.63, 3.8) is 0 Å². The van der Waals surface area contributed by atoms with E-state index in [1.807, 2.05) is 0 Å². The van der Waals surface area contributed by atoms with Crippen LogP contribution in [0, 0.1) is 17.2 Å². The van der Waals surface area contributed by atoms with Gasteiger partial charge in [0.05, 0.1) is 16.6 Å². The monoisotopic (exact) mass is 560 g/mol. The Labute approximate surface area is 233 Å². The molecule has 1 saturated carbocycles. The smallest absolute Gasteiger partial charge is 0.193 e. The number of ketones is 1. The van der Waals surface area contributed by atoms with Crippen molar-refractivity contribution < 1.29 is 19.4 Å². The molecule has 0 radical (unpaired) electrons. The molecular weight excluding hydrogens is 526 g/mol. The van der Waals surface area contributed by atoms with Crippen LogP contribution in [0.3, 0.4) is 0 Å². The van der Waals surface area contributed by atoms with Crippen LogP contribution >= 0.6 is 23.2 Å². The van der Waals surface area contributed by atoms with Crippen LogP contribution < -0.4 is 0 Å². The molecule has 0 spiro atoms. The van der Waals surface area contributed by atoms with Gasteiger partial charge < -0.3 is 15.2 Å². The number of aliphatic imine (C=N–C) groups is 1. The second-order valence-electron chi connectivity index (χ2n) is 11.6. The van der Waals surface area contributed by atoms with Gasteiger partial charge in [-0.25, -0.2) is 4.39 Å². The number of H-pyrrole nitrogens is 1. The molecular formula is C30H35Cl2FN2O3. The summed E-state index contributed by atoms with van der Waals surface area (Å²) in [4.78, 5) is 21.7. The third kappa shape index (κ3) is 6.59. The Balaban J connectivity index is 1.86. The molecule has 204 valence electrons. The van der Waals surface area contributed by atoms with E-state index in [4.69, 9.17) is 28.2 Å². The van der Waals surface area contributed by atoms with E-state index in [1.165, 1.54) is 6.07 Å². The number of aromatic nitrogens is 1. The first-order chi connectivity index (χ1) is 17.9. The van der Waals surface area contributed by atoms with Crippen LogP contribution in [-0.2, 0) is 4.79 Å². The van der Waals surface area contributed by atoms with Gasteiger partial charge in [-0.1, -0.05) is 62.2 Å². The first kappa shape index (κ1) is 28.6. The zero-order chi connectivity index (χ0) is 27.6. The van der Waals surface area contributed by atoms with E-state index in [0.717, 1.165) is 12.8 Å². The third-order valence-electron chi connectivity index (χ3n) is 7.33. The molecule has 0 amide bonds. The second kappa shape index (κ2) is 11.8. The molecule has 0 saturated heterocycles. The number of benzene rings is 2. The van der Waals surface area contributed by atoms with Crippen LogP contribution in [0.4, 0.5) is 4.39 Å². The number of aliphatic hydroxyl groups is 1. The van der Waals surface area contributed by atoms with E-state index in [9.17, 15) is 15.0 Å². The molecule has 4 rings (SSSR count). The van der Waals surface area contributed by atoms with Crippen molar-refractivity contribution >= 4 is 46.1 Å². The van der Waals surface area contributed by atoms with Crippen LogP contribution in [0.15, 0.2) is 41.4 Å². The zero-order valence-corrected chi connectivity index (χ0v) is 23.5. The number of halogens is 3. The van der Waals surface area contributed by atoms with Crippen LogP contribution in [0.25, 0.3) is 10.9 Å². The highest BCUT2D eigenvalue weighted by molar-refractivity contribution is 6.31. The lowest BCUT2D eigenvalue weighted by Gasteiger charge is -2.29. The number of aliphatic hydroxyl groups excluding tert-OH is 1. The molecule has 0 aliphatic heterocycles. The van der Waals surface area contributed by atoms with Gasteiger partial charge in [0, 0.05) is 34.5 Å². The number of Topliss-reactive ketones (excluding diaryl/α,β-unsaturated/α-hetero) is 1. The van der Waals surface area contributed by atoms with Gasteiger partial charge in [-0.05, 0) is 67.2 Å². The second-order valence-corrected chi connectivity index (χ2v) is 12.4. The number of nitrogens with zero attached hydrogens (tertiary/aromatic N) is 1. The summed E-state index contributed by atoms with van der Waals surface area (Å²) in [7, 11) is 0. The van der Waals surface area contributed by atoms with E-state index in [-0.39, 0.29) is 46.1 Å². The van der Waals surface area contributed by atoms with E-state index < -0.39 is 17.8 Å². The van der Waals surface area contributed by atoms with E-state index in [1.54, 1.807) is 36.5 Å². The molecule has 2 atom stereocenters. The summed E-state index contributed by atoms with van der Waals surface area (Å²) in [5.74, 6) is -1.76. The van der Waals surface area contributed by atoms with Crippen molar-refractivity contribution in [2.75, 3.05) is 0 Å². The Morgan fingerprint density at radius 2 is 1.89 bits per heavy atom. The first-order valence-electron chi connectivity index (χ1n) is 13.1. The first-order valence-corrected chi connectivity index (χ1v) is 13.9. The summed E-state index contributed by atoms with van der Waals surface area (Å²) in [5.41, 5.74) is 1.08. The lowest BCUT2D eigenvalue weighted by Crippen LogP contribution is -2.31. The number of carbonyl (C=O) groups excluding carboxylic acids is 1. The van der Waals surface area contributed by atoms with Gasteiger partial charge in [-0.3, -0.25) is 9.79 Å². The summed E-state index contributed by atoms with van der Waals surface area (Å²) < 4.78 is 15.6. The van der Waals surface area contributed by atoms with E-state index in [2.05, 4.69) is 25.8 Å². The largest absolute Gasteiger partial charge is 0.494 e. The molecule has 5 nitrogen and oxygen atoms in total. The molecule has 3 N–H and O–H groups in total. The highest BCUT2D eigenvalue weighted by atomic mass is 35.5. The summed E-state index contributed by atoms with van der Waals surface area (Å²) in [6, 6.07) is 8.83. The van der Waals surface area contributed by atoms with Crippen LogP contribution in [0.1, 0.15) is 76.3 Å². The molecule has 0 unspecified atom stereocenters. The average molecular weight is 562 g/mol. The molecule has 2 aromatic carbocycles. The van der Waals surface area contributed by atoms with E-state index in [0.29, 0.717) is 40.8 Å². The van der Waals surface area contributed by atoms with Crippen molar-refractivity contribution in [1.82, 2.24) is 4.98 Å². The minimum atomic E-state index is -0.988. The number of hydrogen-bond donors (Lipinski definition) is 3. The minimum absolute atomic E-state index is 0.0624. The maximum absolute atomic E-state index is 15.6. The Morgan fingerprint density at radius 3 is 2.58 bits per heavy atom. The standard InChI is InChI=1S/C30H35Cl2FN2O3/c1-30(2,3)13-14-34-28(24(37)15-17-7-10-19(36)11-8-17)25(21-5-4-6-22(32)27(21)33)26-20-12-9-18(31)16-23(20)35-29(26)38/h4-6,9,12,14,16-17,19,25,28,35-36,38H,7-8,10-11,13,15H2,1-3H3/t17?,19?,25-,28+/m1/s1. The van der Waals surface area contributed by atoms with Crippen molar-refractivity contribution in [1.29, 1.82) is 0 Å². The fraction of sp³-hybridized carbons (Fsp3) is 0.467. The summed E-state index contributed by atoms with van der Waals surface area (Å²) >= 11 is 12.4. The van der Waals surface area contributed by atoms with Gasteiger partial charge in [0.25, 0.3) is 0 Å². The number of aromatic hydroxyl groups is 1. The molecule has 1 fully saturated rings. The predicted octanol–water partition coefficient (Wildman–Crippen LogP) is 7.84. The van der Waals surface area contributed by atoms with Gasteiger partial charge in [0.2, 0.25) is 0 Å². The highest BCUT2D eigenvalue weighted by Gasteiger charge is 2.37. The van der Waals surface area contributed by atoms with Crippen molar-refractivity contribution in [2.24, 2.45) is 16.3 Å². The molecule has 8 heteroatoms. The molecule has 1 aromatic heterocycles. The van der Waals surface area contributed by atoms with Crippen molar-refractivity contribution in [3.8, 4) is 5.88 Å². The molecule has 1 heterocycles. The normalized spacial score (nSPS) is 20.2. The predicted molar refractivity (Wildman–Crippen MR) is 152 cm³/mol. The maximum Gasteiger partial charge on any atom is 0.193 e. The number of carbonyl (C=O) groups is 1. The summed E-state index contributed by atoms with van der Waals surface area (Å²) in [6.07, 6.45) is 5.11.